The molecule has 0 unspecified atom stereocenters. The van der Waals surface area contributed by atoms with Crippen LogP contribution in [0.5, 0.6) is 0 Å². The number of hydrogen-bond acceptors (Lipinski definition) is 3. The van der Waals surface area contributed by atoms with Crippen molar-refractivity contribution in [2.75, 3.05) is 26.2 Å². The Hall–Kier alpha value is -1.40. The number of sulfonamides is 1. The number of aryl methyl sites for hydroxylation is 1. The number of benzene rings is 1. The van der Waals surface area contributed by atoms with Crippen LogP contribution in [0.3, 0.4) is 0 Å². The van der Waals surface area contributed by atoms with Crippen LogP contribution in [0.4, 0.5) is 0 Å². The maximum Gasteiger partial charge on any atom is 0.219 e. The first kappa shape index (κ1) is 16.0. The predicted octanol–water partition coefficient (Wildman–Crippen LogP) is 1.38. The molecule has 1 fully saturated rings. The molecule has 0 saturated carbocycles. The molecule has 1 amide bonds. The Balaban J connectivity index is 2.09. The fourth-order valence-corrected chi connectivity index (χ4v) is 4.21. The molecular formula is C15H22N2O3S. The third-order valence-electron chi connectivity index (χ3n) is 3.89. The van der Waals surface area contributed by atoms with E-state index in [1.165, 1.54) is 11.2 Å². The molecule has 116 valence electrons. The highest BCUT2D eigenvalue weighted by Crippen LogP contribution is 2.16. The van der Waals surface area contributed by atoms with Crippen molar-refractivity contribution in [2.45, 2.75) is 26.0 Å². The van der Waals surface area contributed by atoms with E-state index in [0.717, 1.165) is 11.1 Å². The summed E-state index contributed by atoms with van der Waals surface area (Å²) < 4.78 is 26.6. The Bertz CT molecular complexity index is 613. The Labute approximate surface area is 126 Å². The zero-order chi connectivity index (χ0) is 15.5. The molecular weight excluding hydrogens is 288 g/mol. The van der Waals surface area contributed by atoms with Crippen LogP contribution >= 0.6 is 0 Å². The molecule has 1 aromatic carbocycles. The van der Waals surface area contributed by atoms with Crippen LogP contribution < -0.4 is 0 Å². The normalized spacial score (nSPS) is 17.5. The monoisotopic (exact) mass is 310 g/mol. The molecule has 0 aromatic heterocycles. The molecule has 0 aliphatic carbocycles. The smallest absolute Gasteiger partial charge is 0.219 e. The largest absolute Gasteiger partial charge is 0.342 e. The summed E-state index contributed by atoms with van der Waals surface area (Å²) in [5, 5.41) is 0. The topological polar surface area (TPSA) is 57.7 Å². The van der Waals surface area contributed by atoms with Crippen molar-refractivity contribution in [1.82, 2.24) is 9.21 Å². The molecule has 0 atom stereocenters. The maximum atomic E-state index is 12.6. The van der Waals surface area contributed by atoms with Crippen molar-refractivity contribution in [3.05, 3.63) is 35.4 Å². The van der Waals surface area contributed by atoms with E-state index in [1.54, 1.807) is 4.90 Å². The highest BCUT2D eigenvalue weighted by atomic mass is 32.2. The third-order valence-corrected chi connectivity index (χ3v) is 5.72. The van der Waals surface area contributed by atoms with Crippen molar-refractivity contribution in [2.24, 2.45) is 0 Å². The SMILES string of the molecule is CC(=O)N1CCCN(S(=O)(=O)Cc2ccccc2C)CC1. The number of carbonyl (C=O) groups is 1. The van der Waals surface area contributed by atoms with E-state index in [1.807, 2.05) is 31.2 Å². The summed E-state index contributed by atoms with van der Waals surface area (Å²) in [6.45, 7) is 5.42. The summed E-state index contributed by atoms with van der Waals surface area (Å²) in [6, 6.07) is 7.54. The summed E-state index contributed by atoms with van der Waals surface area (Å²) in [4.78, 5) is 13.1. The molecule has 6 heteroatoms. The van der Waals surface area contributed by atoms with Crippen molar-refractivity contribution in [1.29, 1.82) is 0 Å². The van der Waals surface area contributed by atoms with Crippen molar-refractivity contribution in [3.63, 3.8) is 0 Å². The highest BCUT2D eigenvalue weighted by molar-refractivity contribution is 7.88. The number of hydrogen-bond donors (Lipinski definition) is 0. The van der Waals surface area contributed by atoms with Gasteiger partial charge in [-0.05, 0) is 24.5 Å². The van der Waals surface area contributed by atoms with E-state index in [4.69, 9.17) is 0 Å². The standard InChI is InChI=1S/C15H22N2O3S/c1-13-6-3-4-7-15(13)12-21(19,20)17-9-5-8-16(10-11-17)14(2)18/h3-4,6-7H,5,8-12H2,1-2H3. The van der Waals surface area contributed by atoms with Gasteiger partial charge in [0.05, 0.1) is 5.75 Å². The van der Waals surface area contributed by atoms with Crippen LogP contribution in [0.15, 0.2) is 24.3 Å². The first-order chi connectivity index (χ1) is 9.90. The lowest BCUT2D eigenvalue weighted by Gasteiger charge is -2.21. The van der Waals surface area contributed by atoms with Crippen LogP contribution in [-0.2, 0) is 20.6 Å². The lowest BCUT2D eigenvalue weighted by atomic mass is 10.1. The summed E-state index contributed by atoms with van der Waals surface area (Å²) in [5.41, 5.74) is 1.83. The van der Waals surface area contributed by atoms with Gasteiger partial charge in [0.25, 0.3) is 0 Å². The molecule has 1 heterocycles. The van der Waals surface area contributed by atoms with Gasteiger partial charge in [-0.2, -0.15) is 4.31 Å². The minimum absolute atomic E-state index is 0.00755. The second-order valence-corrected chi connectivity index (χ2v) is 7.41. The molecule has 1 aliphatic heterocycles. The Morgan fingerprint density at radius 3 is 2.52 bits per heavy atom. The molecule has 21 heavy (non-hydrogen) atoms. The average Bonchev–Trinajstić information content (AvgIpc) is 2.67. The first-order valence-electron chi connectivity index (χ1n) is 7.18. The van der Waals surface area contributed by atoms with Crippen LogP contribution in [-0.4, -0.2) is 49.7 Å². The van der Waals surface area contributed by atoms with Gasteiger partial charge in [-0.3, -0.25) is 4.79 Å². The summed E-state index contributed by atoms with van der Waals surface area (Å²) >= 11 is 0. The van der Waals surface area contributed by atoms with Crippen LogP contribution in [0.1, 0.15) is 24.5 Å². The van der Waals surface area contributed by atoms with Gasteiger partial charge >= 0.3 is 0 Å². The molecule has 2 rings (SSSR count). The molecule has 0 bridgehead atoms. The van der Waals surface area contributed by atoms with E-state index in [9.17, 15) is 13.2 Å². The number of amides is 1. The maximum absolute atomic E-state index is 12.6. The Morgan fingerprint density at radius 2 is 1.86 bits per heavy atom. The lowest BCUT2D eigenvalue weighted by molar-refractivity contribution is -0.128. The fraction of sp³-hybridized carbons (Fsp3) is 0.533. The molecule has 5 nitrogen and oxygen atoms in total. The Kier molecular flexibility index (Phi) is 5.00. The van der Waals surface area contributed by atoms with Crippen LogP contribution in [0, 0.1) is 6.92 Å². The van der Waals surface area contributed by atoms with Crippen molar-refractivity contribution >= 4 is 15.9 Å². The van der Waals surface area contributed by atoms with E-state index < -0.39 is 10.0 Å². The van der Waals surface area contributed by atoms with E-state index >= 15 is 0 Å². The Morgan fingerprint density at radius 1 is 1.14 bits per heavy atom. The fourth-order valence-electron chi connectivity index (χ4n) is 2.55. The van der Waals surface area contributed by atoms with Gasteiger partial charge in [-0.1, -0.05) is 24.3 Å². The second-order valence-electron chi connectivity index (χ2n) is 5.44. The molecule has 0 N–H and O–H groups in total. The van der Waals surface area contributed by atoms with Gasteiger partial charge in [0.1, 0.15) is 0 Å². The molecule has 1 saturated heterocycles. The van der Waals surface area contributed by atoms with Gasteiger partial charge in [-0.25, -0.2) is 8.42 Å². The van der Waals surface area contributed by atoms with Crippen LogP contribution in [0.25, 0.3) is 0 Å². The summed E-state index contributed by atoms with van der Waals surface area (Å²) in [7, 11) is -3.34. The van der Waals surface area contributed by atoms with E-state index in [2.05, 4.69) is 0 Å². The quantitative estimate of drug-likeness (QED) is 0.847. The predicted molar refractivity (Wildman–Crippen MR) is 82.2 cm³/mol. The number of nitrogens with zero attached hydrogens (tertiary/aromatic N) is 2. The molecule has 0 spiro atoms. The van der Waals surface area contributed by atoms with Crippen molar-refractivity contribution < 1.29 is 13.2 Å². The van der Waals surface area contributed by atoms with Gasteiger partial charge in [0, 0.05) is 33.1 Å². The molecule has 0 radical (unpaired) electrons. The van der Waals surface area contributed by atoms with Crippen molar-refractivity contribution in [3.8, 4) is 0 Å². The van der Waals surface area contributed by atoms with E-state index in [0.29, 0.717) is 32.6 Å². The van der Waals surface area contributed by atoms with Gasteiger partial charge in [0.2, 0.25) is 15.9 Å². The van der Waals surface area contributed by atoms with Gasteiger partial charge in [-0.15, -0.1) is 0 Å². The highest BCUT2D eigenvalue weighted by Gasteiger charge is 2.26. The molecule has 1 aliphatic rings. The lowest BCUT2D eigenvalue weighted by Crippen LogP contribution is -2.37. The zero-order valence-electron chi connectivity index (χ0n) is 12.6. The zero-order valence-corrected chi connectivity index (χ0v) is 13.4. The minimum Gasteiger partial charge on any atom is -0.342 e. The van der Waals surface area contributed by atoms with E-state index in [-0.39, 0.29) is 11.7 Å². The summed E-state index contributed by atoms with van der Waals surface area (Å²) in [5.74, 6) is 0.0351. The first-order valence-corrected chi connectivity index (χ1v) is 8.79. The number of rotatable bonds is 3. The van der Waals surface area contributed by atoms with Gasteiger partial charge in [0.15, 0.2) is 0 Å². The van der Waals surface area contributed by atoms with Crippen LogP contribution in [0.2, 0.25) is 0 Å². The van der Waals surface area contributed by atoms with Gasteiger partial charge < -0.3 is 4.90 Å². The minimum atomic E-state index is -3.34. The summed E-state index contributed by atoms with van der Waals surface area (Å²) in [6.07, 6.45) is 0.687. The second kappa shape index (κ2) is 6.58. The average molecular weight is 310 g/mol. The third kappa shape index (κ3) is 4.04. The number of carbonyl (C=O) groups excluding carboxylic acids is 1. The molecule has 1 aromatic rings.